The molecule has 3 heterocycles. The summed E-state index contributed by atoms with van der Waals surface area (Å²) in [6.07, 6.45) is 2.69. The Morgan fingerprint density at radius 2 is 1.84 bits per heavy atom. The predicted molar refractivity (Wildman–Crippen MR) is 119 cm³/mol. The number of nitrogens with zero attached hydrogens (tertiary/aromatic N) is 2. The van der Waals surface area contributed by atoms with E-state index in [9.17, 15) is 18.0 Å². The van der Waals surface area contributed by atoms with Crippen molar-refractivity contribution in [3.05, 3.63) is 70.1 Å². The molecule has 0 spiro atoms. The lowest BCUT2D eigenvalue weighted by Gasteiger charge is -2.47. The molecule has 2 aliphatic rings. The molecule has 2 bridgehead atoms. The molecule has 0 aliphatic carbocycles. The van der Waals surface area contributed by atoms with Crippen molar-refractivity contribution >= 4 is 22.4 Å². The number of sulfonamides is 1. The van der Waals surface area contributed by atoms with E-state index in [4.69, 9.17) is 9.90 Å². The van der Waals surface area contributed by atoms with Gasteiger partial charge in [0, 0.05) is 36.8 Å². The first kappa shape index (κ1) is 23.7. The molecule has 1 amide bonds. The molecule has 172 valence electrons. The molecule has 1 aromatic heterocycles. The minimum absolute atomic E-state index is 0.00310. The molecule has 1 aromatic carbocycles. The van der Waals surface area contributed by atoms with Gasteiger partial charge in [-0.15, -0.1) is 0 Å². The van der Waals surface area contributed by atoms with Crippen molar-refractivity contribution in [1.82, 2.24) is 14.2 Å². The van der Waals surface area contributed by atoms with Gasteiger partial charge in [0.2, 0.25) is 15.9 Å². The van der Waals surface area contributed by atoms with Gasteiger partial charge in [-0.2, -0.15) is 0 Å². The van der Waals surface area contributed by atoms with Crippen LogP contribution in [0.1, 0.15) is 29.6 Å². The largest absolute Gasteiger partial charge is 0.483 e. The zero-order valence-corrected chi connectivity index (χ0v) is 18.6. The molecule has 2 N–H and O–H groups in total. The van der Waals surface area contributed by atoms with Crippen LogP contribution >= 0.6 is 0 Å². The summed E-state index contributed by atoms with van der Waals surface area (Å²) in [5.74, 6) is -0.00379. The number of pyridine rings is 1. The van der Waals surface area contributed by atoms with Gasteiger partial charge in [0.15, 0.2) is 0 Å². The third-order valence-electron chi connectivity index (χ3n) is 5.92. The van der Waals surface area contributed by atoms with Crippen LogP contribution in [0.4, 0.5) is 0 Å². The maximum absolute atomic E-state index is 12.7. The molecule has 32 heavy (non-hydrogen) atoms. The van der Waals surface area contributed by atoms with Gasteiger partial charge in [0.25, 0.3) is 12.0 Å². The van der Waals surface area contributed by atoms with Gasteiger partial charge in [-0.25, -0.2) is 13.1 Å². The molecule has 10 heteroatoms. The summed E-state index contributed by atoms with van der Waals surface area (Å²) in [7, 11) is -3.43. The summed E-state index contributed by atoms with van der Waals surface area (Å²) in [6.45, 7) is 0.546. The van der Waals surface area contributed by atoms with Crippen molar-refractivity contribution in [2.24, 2.45) is 5.92 Å². The first-order valence-electron chi connectivity index (χ1n) is 10.3. The van der Waals surface area contributed by atoms with Gasteiger partial charge in [-0.1, -0.05) is 36.4 Å². The van der Waals surface area contributed by atoms with E-state index in [0.29, 0.717) is 13.1 Å². The third kappa shape index (κ3) is 5.63. The SMILES string of the molecule is CS(=O)(=O)NCC(=O)N1C[C@H]2C[C@@H](C1)[C@H](Cc1ccccc1)n1c2cccc1=O.O=CO. The normalized spacial score (nSPS) is 21.7. The summed E-state index contributed by atoms with van der Waals surface area (Å²) in [5.41, 5.74) is 2.11. The van der Waals surface area contributed by atoms with Crippen LogP contribution in [0.5, 0.6) is 0 Å². The van der Waals surface area contributed by atoms with E-state index >= 15 is 0 Å². The molecule has 2 aliphatic heterocycles. The fourth-order valence-corrected chi connectivity index (χ4v) is 5.05. The molecular formula is C22H27N3O6S. The van der Waals surface area contributed by atoms with Crippen LogP contribution in [0.2, 0.25) is 0 Å². The second kappa shape index (κ2) is 10.1. The van der Waals surface area contributed by atoms with E-state index < -0.39 is 10.0 Å². The van der Waals surface area contributed by atoms with E-state index in [1.165, 1.54) is 0 Å². The number of fused-ring (bicyclic) bond motifs is 4. The number of carboxylic acid groups (broad SMARTS) is 1. The third-order valence-corrected chi connectivity index (χ3v) is 6.59. The van der Waals surface area contributed by atoms with Gasteiger partial charge >= 0.3 is 0 Å². The predicted octanol–water partition coefficient (Wildman–Crippen LogP) is 0.828. The lowest BCUT2D eigenvalue weighted by molar-refractivity contribution is -0.133. The first-order chi connectivity index (χ1) is 15.2. The molecule has 1 fully saturated rings. The zero-order chi connectivity index (χ0) is 23.3. The number of benzene rings is 1. The Morgan fingerprint density at radius 1 is 1.16 bits per heavy atom. The van der Waals surface area contributed by atoms with Crippen molar-refractivity contribution in [2.75, 3.05) is 25.9 Å². The van der Waals surface area contributed by atoms with Gasteiger partial charge in [0.05, 0.1) is 12.8 Å². The molecule has 9 nitrogen and oxygen atoms in total. The quantitative estimate of drug-likeness (QED) is 0.635. The molecule has 3 atom stereocenters. The second-order valence-electron chi connectivity index (χ2n) is 8.11. The molecule has 0 radical (unpaired) electrons. The highest BCUT2D eigenvalue weighted by Crippen LogP contribution is 2.42. The summed E-state index contributed by atoms with van der Waals surface area (Å²) in [5, 5.41) is 6.89. The average Bonchev–Trinajstić information content (AvgIpc) is 2.76. The van der Waals surface area contributed by atoms with E-state index in [1.807, 2.05) is 28.8 Å². The molecule has 4 rings (SSSR count). The average molecular weight is 462 g/mol. The van der Waals surface area contributed by atoms with E-state index in [1.54, 1.807) is 17.0 Å². The van der Waals surface area contributed by atoms with Gasteiger partial charge in [0.1, 0.15) is 0 Å². The Labute approximate surface area is 186 Å². The minimum atomic E-state index is -3.43. The topological polar surface area (TPSA) is 126 Å². The smallest absolute Gasteiger partial charge is 0.290 e. The minimum Gasteiger partial charge on any atom is -0.483 e. The van der Waals surface area contributed by atoms with Crippen molar-refractivity contribution in [2.45, 2.75) is 24.8 Å². The van der Waals surface area contributed by atoms with Gasteiger partial charge < -0.3 is 14.6 Å². The van der Waals surface area contributed by atoms with E-state index in [0.717, 1.165) is 30.4 Å². The standard InChI is InChI=1S/C21H25N3O4S.CH2O2/c1-29(27,28)22-12-21(26)23-13-16-11-17(14-23)19(10-15-6-3-2-4-7-15)24-18(16)8-5-9-20(24)25;2-1-3/h2-9,16-17,19,22H,10-14H2,1H3;1H,(H,2,3)/t16-,17+,19+;/m1./s1. The first-order valence-corrected chi connectivity index (χ1v) is 12.2. The van der Waals surface area contributed by atoms with Crippen molar-refractivity contribution in [1.29, 1.82) is 0 Å². The number of carbonyl (C=O) groups is 2. The van der Waals surface area contributed by atoms with Crippen molar-refractivity contribution in [3.63, 3.8) is 0 Å². The number of nitrogens with one attached hydrogen (secondary N) is 1. The van der Waals surface area contributed by atoms with Crippen LogP contribution in [0.25, 0.3) is 0 Å². The zero-order valence-electron chi connectivity index (χ0n) is 17.8. The number of rotatable bonds is 5. The Balaban J connectivity index is 0.000000913. The number of piperidine rings is 1. The molecule has 2 aromatic rings. The highest BCUT2D eigenvalue weighted by atomic mass is 32.2. The fourth-order valence-electron chi connectivity index (χ4n) is 4.67. The van der Waals surface area contributed by atoms with Crippen LogP contribution in [-0.2, 0) is 26.0 Å². The number of aromatic nitrogens is 1. The van der Waals surface area contributed by atoms with Crippen LogP contribution < -0.4 is 10.3 Å². The Hall–Kier alpha value is -2.98. The van der Waals surface area contributed by atoms with E-state index in [-0.39, 0.29) is 42.4 Å². The van der Waals surface area contributed by atoms with Crippen LogP contribution in [-0.4, -0.2) is 61.3 Å². The van der Waals surface area contributed by atoms with E-state index in [2.05, 4.69) is 16.9 Å². The number of amides is 1. The highest BCUT2D eigenvalue weighted by molar-refractivity contribution is 7.88. The molecule has 0 saturated carbocycles. The molecule has 1 saturated heterocycles. The Morgan fingerprint density at radius 3 is 2.50 bits per heavy atom. The lowest BCUT2D eigenvalue weighted by Crippen LogP contribution is -2.53. The van der Waals surface area contributed by atoms with Gasteiger partial charge in [-0.3, -0.25) is 14.4 Å². The second-order valence-corrected chi connectivity index (χ2v) is 9.94. The van der Waals surface area contributed by atoms with Crippen LogP contribution in [0, 0.1) is 5.92 Å². The summed E-state index contributed by atoms with van der Waals surface area (Å²) in [4.78, 5) is 35.5. The van der Waals surface area contributed by atoms with Gasteiger partial charge in [-0.05, 0) is 30.4 Å². The number of likely N-dealkylation sites (tertiary alicyclic amines) is 1. The maximum Gasteiger partial charge on any atom is 0.290 e. The van der Waals surface area contributed by atoms with Crippen molar-refractivity contribution in [3.8, 4) is 0 Å². The van der Waals surface area contributed by atoms with Crippen LogP contribution in [0.3, 0.4) is 0 Å². The van der Waals surface area contributed by atoms with Crippen molar-refractivity contribution < 1.29 is 23.1 Å². The molecule has 0 unspecified atom stereocenters. The monoisotopic (exact) mass is 461 g/mol. The Bertz CT molecular complexity index is 1120. The summed E-state index contributed by atoms with van der Waals surface area (Å²) >= 11 is 0. The number of hydrogen-bond donors (Lipinski definition) is 2. The Kier molecular flexibility index (Phi) is 7.47. The molecular weight excluding hydrogens is 434 g/mol. The number of carbonyl (C=O) groups excluding carboxylic acids is 1. The van der Waals surface area contributed by atoms with Crippen LogP contribution in [0.15, 0.2) is 53.3 Å². The summed E-state index contributed by atoms with van der Waals surface area (Å²) < 4.78 is 26.9. The maximum atomic E-state index is 12.7. The fraction of sp³-hybridized carbons (Fsp3) is 0.409. The number of hydrogen-bond acceptors (Lipinski definition) is 5. The lowest BCUT2D eigenvalue weighted by atomic mass is 9.76. The highest BCUT2D eigenvalue weighted by Gasteiger charge is 2.41. The summed E-state index contributed by atoms with van der Waals surface area (Å²) in [6, 6.07) is 15.4.